The lowest BCUT2D eigenvalue weighted by Crippen LogP contribution is -2.13. The largest absolute Gasteiger partial charge is 0.507 e. The van der Waals surface area contributed by atoms with E-state index in [9.17, 15) is 14.7 Å². The minimum atomic E-state index is -1.24. The van der Waals surface area contributed by atoms with Gasteiger partial charge in [0.15, 0.2) is 0 Å². The van der Waals surface area contributed by atoms with Gasteiger partial charge in [-0.15, -0.1) is 0 Å². The van der Waals surface area contributed by atoms with Crippen LogP contribution in [0, 0.1) is 0 Å². The lowest BCUT2D eigenvalue weighted by molar-refractivity contribution is -0.138. The van der Waals surface area contributed by atoms with Gasteiger partial charge in [0.2, 0.25) is 0 Å². The molecule has 0 aliphatic rings. The third-order valence-corrected chi connectivity index (χ3v) is 2.18. The van der Waals surface area contributed by atoms with Crippen molar-refractivity contribution in [2.45, 2.75) is 6.92 Å². The summed E-state index contributed by atoms with van der Waals surface area (Å²) in [5.74, 6) is -1.98. The number of aromatic hydroxyl groups is 1. The first-order chi connectivity index (χ1) is 8.95. The van der Waals surface area contributed by atoms with Gasteiger partial charge in [-0.2, -0.15) is 0 Å². The van der Waals surface area contributed by atoms with Crippen molar-refractivity contribution in [1.82, 2.24) is 0 Å². The van der Waals surface area contributed by atoms with E-state index >= 15 is 0 Å². The molecule has 19 heavy (non-hydrogen) atoms. The molecule has 2 N–H and O–H groups in total. The highest BCUT2D eigenvalue weighted by Gasteiger charge is 2.12. The fourth-order valence-corrected chi connectivity index (χ4v) is 1.24. The number of carboxylic acid groups (broad SMARTS) is 1. The van der Waals surface area contributed by atoms with Gasteiger partial charge in [-0.1, -0.05) is 6.58 Å². The number of carboxylic acids is 1. The molecule has 102 valence electrons. The average molecular weight is 266 g/mol. The third-order valence-electron chi connectivity index (χ3n) is 2.18. The minimum absolute atomic E-state index is 0.106. The highest BCUT2D eigenvalue weighted by Crippen LogP contribution is 2.23. The summed E-state index contributed by atoms with van der Waals surface area (Å²) in [7, 11) is 0. The number of carbonyl (C=O) groups excluding carboxylic acids is 1. The Balaban J connectivity index is 2.64. The molecular weight excluding hydrogens is 252 g/mol. The van der Waals surface area contributed by atoms with Gasteiger partial charge in [0, 0.05) is 6.07 Å². The van der Waals surface area contributed by atoms with E-state index in [1.54, 1.807) is 6.92 Å². The van der Waals surface area contributed by atoms with Gasteiger partial charge in [0.25, 0.3) is 0 Å². The number of phenols is 1. The normalized spacial score (nSPS) is 9.74. The monoisotopic (exact) mass is 266 g/mol. The molecule has 1 rings (SSSR count). The van der Waals surface area contributed by atoms with Crippen LogP contribution in [0.1, 0.15) is 17.3 Å². The van der Waals surface area contributed by atoms with E-state index in [0.29, 0.717) is 0 Å². The number of rotatable bonds is 6. The van der Waals surface area contributed by atoms with Gasteiger partial charge in [-0.25, -0.2) is 9.59 Å². The molecule has 0 aliphatic heterocycles. The first-order valence-corrected chi connectivity index (χ1v) is 5.49. The smallest absolute Gasteiger partial charge is 0.339 e. The van der Waals surface area contributed by atoms with Gasteiger partial charge in [0.1, 0.15) is 23.7 Å². The van der Waals surface area contributed by atoms with Crippen LogP contribution in [0.25, 0.3) is 0 Å². The zero-order valence-electron chi connectivity index (χ0n) is 10.4. The van der Waals surface area contributed by atoms with E-state index in [1.807, 2.05) is 0 Å². The highest BCUT2D eigenvalue weighted by molar-refractivity contribution is 5.91. The van der Waals surface area contributed by atoms with E-state index in [0.717, 1.165) is 6.07 Å². The molecule has 0 bridgehead atoms. The maximum atomic E-state index is 11.2. The van der Waals surface area contributed by atoms with Gasteiger partial charge in [-0.05, 0) is 19.1 Å². The number of ether oxygens (including phenoxy) is 2. The lowest BCUT2D eigenvalue weighted by atomic mass is 10.2. The molecule has 6 heteroatoms. The molecule has 0 heterocycles. The quantitative estimate of drug-likeness (QED) is 0.600. The molecule has 1 aromatic rings. The van der Waals surface area contributed by atoms with Crippen molar-refractivity contribution < 1.29 is 29.3 Å². The molecule has 0 radical (unpaired) electrons. The van der Waals surface area contributed by atoms with Gasteiger partial charge < -0.3 is 19.7 Å². The van der Waals surface area contributed by atoms with Crippen molar-refractivity contribution in [2.24, 2.45) is 0 Å². The Bertz CT molecular complexity index is 506. The van der Waals surface area contributed by atoms with Gasteiger partial charge >= 0.3 is 11.9 Å². The lowest BCUT2D eigenvalue weighted by Gasteiger charge is -2.09. The zero-order valence-corrected chi connectivity index (χ0v) is 10.4. The summed E-state index contributed by atoms with van der Waals surface area (Å²) in [6, 6.07) is 3.74. The first-order valence-electron chi connectivity index (χ1n) is 5.49. The second-order valence-corrected chi connectivity index (χ2v) is 3.60. The predicted octanol–water partition coefficient (Wildman–Crippen LogP) is 1.59. The Hall–Kier alpha value is -2.50. The van der Waals surface area contributed by atoms with Crippen LogP contribution in [0.2, 0.25) is 0 Å². The van der Waals surface area contributed by atoms with Crippen LogP contribution in [-0.2, 0) is 9.53 Å². The van der Waals surface area contributed by atoms with E-state index in [1.165, 1.54) is 12.1 Å². The summed E-state index contributed by atoms with van der Waals surface area (Å²) in [4.78, 5) is 21.9. The van der Waals surface area contributed by atoms with Gasteiger partial charge in [0.05, 0.1) is 12.2 Å². The second-order valence-electron chi connectivity index (χ2n) is 3.60. The van der Waals surface area contributed by atoms with E-state index in [4.69, 9.17) is 14.6 Å². The highest BCUT2D eigenvalue weighted by atomic mass is 16.5. The molecule has 0 saturated carbocycles. The second kappa shape index (κ2) is 6.44. The SMILES string of the molecule is C=C(COc1ccc(C(=O)O)c(O)c1)C(=O)OCC. The Morgan fingerprint density at radius 1 is 1.37 bits per heavy atom. The molecule has 0 amide bonds. The van der Waals surface area contributed by atoms with Crippen LogP contribution in [0.4, 0.5) is 0 Å². The summed E-state index contributed by atoms with van der Waals surface area (Å²) >= 11 is 0. The summed E-state index contributed by atoms with van der Waals surface area (Å²) in [6.07, 6.45) is 0. The van der Waals surface area contributed by atoms with Crippen molar-refractivity contribution in [3.05, 3.63) is 35.9 Å². The molecule has 0 unspecified atom stereocenters. The molecule has 0 saturated heterocycles. The van der Waals surface area contributed by atoms with Crippen molar-refractivity contribution in [3.8, 4) is 11.5 Å². The van der Waals surface area contributed by atoms with E-state index < -0.39 is 17.7 Å². The minimum Gasteiger partial charge on any atom is -0.507 e. The standard InChI is InChI=1S/C13H14O6/c1-3-18-13(17)8(2)7-19-9-4-5-10(12(15)16)11(14)6-9/h4-6,14H,2-3,7H2,1H3,(H,15,16). The summed E-state index contributed by atoms with van der Waals surface area (Å²) in [6.45, 7) is 5.31. The first kappa shape index (κ1) is 14.6. The van der Waals surface area contributed by atoms with Crippen molar-refractivity contribution in [2.75, 3.05) is 13.2 Å². The number of carbonyl (C=O) groups is 2. The summed E-state index contributed by atoms with van der Waals surface area (Å²) in [5, 5.41) is 18.2. The molecule has 6 nitrogen and oxygen atoms in total. The zero-order chi connectivity index (χ0) is 14.4. The molecule has 0 fully saturated rings. The van der Waals surface area contributed by atoms with Crippen LogP contribution in [0.15, 0.2) is 30.4 Å². The third kappa shape index (κ3) is 4.02. The van der Waals surface area contributed by atoms with Crippen LogP contribution >= 0.6 is 0 Å². The number of esters is 1. The van der Waals surface area contributed by atoms with Crippen molar-refractivity contribution >= 4 is 11.9 Å². The number of aromatic carboxylic acids is 1. The molecule has 0 aliphatic carbocycles. The summed E-state index contributed by atoms with van der Waals surface area (Å²) < 4.78 is 9.92. The fourth-order valence-electron chi connectivity index (χ4n) is 1.24. The molecule has 0 atom stereocenters. The maximum Gasteiger partial charge on any atom is 0.339 e. The van der Waals surface area contributed by atoms with Crippen LogP contribution in [-0.4, -0.2) is 35.4 Å². The number of benzene rings is 1. The number of hydrogen-bond donors (Lipinski definition) is 2. The predicted molar refractivity (Wildman–Crippen MR) is 66.3 cm³/mol. The van der Waals surface area contributed by atoms with Crippen LogP contribution in [0.5, 0.6) is 11.5 Å². The Morgan fingerprint density at radius 3 is 2.58 bits per heavy atom. The molecule has 0 spiro atoms. The van der Waals surface area contributed by atoms with Crippen molar-refractivity contribution in [1.29, 1.82) is 0 Å². The fraction of sp³-hybridized carbons (Fsp3) is 0.231. The van der Waals surface area contributed by atoms with Gasteiger partial charge in [-0.3, -0.25) is 0 Å². The Labute approximate surface area is 109 Å². The van der Waals surface area contributed by atoms with E-state index in [-0.39, 0.29) is 30.1 Å². The van der Waals surface area contributed by atoms with Crippen molar-refractivity contribution in [3.63, 3.8) is 0 Å². The summed E-state index contributed by atoms with van der Waals surface area (Å²) in [5.41, 5.74) is -0.0970. The topological polar surface area (TPSA) is 93.1 Å². The van der Waals surface area contributed by atoms with Crippen LogP contribution < -0.4 is 4.74 Å². The molecule has 1 aromatic carbocycles. The van der Waals surface area contributed by atoms with Crippen LogP contribution in [0.3, 0.4) is 0 Å². The Kier molecular flexibility index (Phi) is 4.93. The average Bonchev–Trinajstić information content (AvgIpc) is 2.35. The van der Waals surface area contributed by atoms with E-state index in [2.05, 4.69) is 6.58 Å². The maximum absolute atomic E-state index is 11.2. The number of hydrogen-bond acceptors (Lipinski definition) is 5. The Morgan fingerprint density at radius 2 is 2.05 bits per heavy atom. The molecule has 0 aromatic heterocycles. The molecular formula is C13H14O6.